The molecule has 0 spiro atoms. The fraction of sp³-hybridized carbons (Fsp3) is 0.900. The number of aliphatic hydroxyl groups excluding tert-OH is 1. The van der Waals surface area contributed by atoms with Gasteiger partial charge in [0, 0.05) is 25.6 Å². The summed E-state index contributed by atoms with van der Waals surface area (Å²) in [6, 6.07) is 0.413. The van der Waals surface area contributed by atoms with Gasteiger partial charge in [-0.05, 0) is 19.4 Å². The van der Waals surface area contributed by atoms with Crippen molar-refractivity contribution in [3.63, 3.8) is 0 Å². The van der Waals surface area contributed by atoms with Crippen molar-refractivity contribution >= 4 is 5.91 Å². The van der Waals surface area contributed by atoms with Gasteiger partial charge in [-0.25, -0.2) is 0 Å². The van der Waals surface area contributed by atoms with Gasteiger partial charge in [-0.2, -0.15) is 0 Å². The molecule has 2 N–H and O–H groups in total. The van der Waals surface area contributed by atoms with Crippen LogP contribution in [0, 0.1) is 0 Å². The number of carbonyl (C=O) groups is 1. The minimum atomic E-state index is 0.0729. The lowest BCUT2D eigenvalue weighted by atomic mass is 10.3. The van der Waals surface area contributed by atoms with Gasteiger partial charge in [-0.15, -0.1) is 0 Å². The van der Waals surface area contributed by atoms with Crippen LogP contribution in [0.2, 0.25) is 0 Å². The van der Waals surface area contributed by atoms with E-state index in [1.165, 1.54) is 0 Å². The van der Waals surface area contributed by atoms with E-state index < -0.39 is 0 Å². The Kier molecular flexibility index (Phi) is 4.90. The van der Waals surface area contributed by atoms with Gasteiger partial charge in [0.15, 0.2) is 0 Å². The van der Waals surface area contributed by atoms with Crippen molar-refractivity contribution in [1.29, 1.82) is 0 Å². The molecule has 0 heterocycles. The Balaban J connectivity index is 2.23. The molecule has 1 amide bonds. The van der Waals surface area contributed by atoms with Crippen LogP contribution >= 0.6 is 0 Å². The first-order valence-corrected chi connectivity index (χ1v) is 5.40. The van der Waals surface area contributed by atoms with E-state index in [0.717, 1.165) is 25.9 Å². The van der Waals surface area contributed by atoms with Gasteiger partial charge in [0.25, 0.3) is 0 Å². The summed E-state index contributed by atoms with van der Waals surface area (Å²) in [4.78, 5) is 13.5. The SMILES string of the molecule is CCNCCC(=O)N(CCO)C1CC1. The van der Waals surface area contributed by atoms with Crippen molar-refractivity contribution in [3.8, 4) is 0 Å². The molecule has 0 aliphatic heterocycles. The monoisotopic (exact) mass is 200 g/mol. The van der Waals surface area contributed by atoms with Gasteiger partial charge >= 0.3 is 0 Å². The number of hydrogen-bond acceptors (Lipinski definition) is 3. The van der Waals surface area contributed by atoms with Crippen molar-refractivity contribution in [3.05, 3.63) is 0 Å². The van der Waals surface area contributed by atoms with Gasteiger partial charge in [-0.3, -0.25) is 4.79 Å². The van der Waals surface area contributed by atoms with Crippen LogP contribution in [0.25, 0.3) is 0 Å². The summed E-state index contributed by atoms with van der Waals surface area (Å²) in [7, 11) is 0. The number of carbonyl (C=O) groups excluding carboxylic acids is 1. The quantitative estimate of drug-likeness (QED) is 0.567. The first-order chi connectivity index (χ1) is 6.79. The third-order valence-electron chi connectivity index (χ3n) is 2.41. The molecular formula is C10H20N2O2. The first kappa shape index (κ1) is 11.5. The molecular weight excluding hydrogens is 180 g/mol. The molecule has 0 aromatic rings. The highest BCUT2D eigenvalue weighted by atomic mass is 16.3. The first-order valence-electron chi connectivity index (χ1n) is 5.40. The molecule has 1 rings (SSSR count). The second-order valence-electron chi connectivity index (χ2n) is 3.65. The normalized spacial score (nSPS) is 15.6. The molecule has 0 aromatic carbocycles. The predicted molar refractivity (Wildman–Crippen MR) is 55.0 cm³/mol. The second kappa shape index (κ2) is 5.98. The van der Waals surface area contributed by atoms with Crippen molar-refractivity contribution in [2.45, 2.75) is 32.2 Å². The van der Waals surface area contributed by atoms with E-state index in [1.54, 1.807) is 0 Å². The Morgan fingerprint density at radius 2 is 2.29 bits per heavy atom. The predicted octanol–water partition coefficient (Wildman–Crippen LogP) is -0.0307. The summed E-state index contributed by atoms with van der Waals surface area (Å²) in [5, 5.41) is 11.9. The Hall–Kier alpha value is -0.610. The third-order valence-corrected chi connectivity index (χ3v) is 2.41. The number of nitrogens with one attached hydrogen (secondary N) is 1. The lowest BCUT2D eigenvalue weighted by Crippen LogP contribution is -2.37. The Labute approximate surface area is 85.3 Å². The Bertz CT molecular complexity index is 181. The maximum Gasteiger partial charge on any atom is 0.224 e. The Morgan fingerprint density at radius 1 is 1.57 bits per heavy atom. The summed E-state index contributed by atoms with van der Waals surface area (Å²) in [5.41, 5.74) is 0. The van der Waals surface area contributed by atoms with Gasteiger partial charge in [0.1, 0.15) is 0 Å². The molecule has 4 heteroatoms. The van der Waals surface area contributed by atoms with Crippen molar-refractivity contribution < 1.29 is 9.90 Å². The highest BCUT2D eigenvalue weighted by molar-refractivity contribution is 5.77. The third kappa shape index (κ3) is 3.64. The van der Waals surface area contributed by atoms with Crippen molar-refractivity contribution in [1.82, 2.24) is 10.2 Å². The lowest BCUT2D eigenvalue weighted by Gasteiger charge is -2.21. The van der Waals surface area contributed by atoms with Gasteiger partial charge in [0.2, 0.25) is 5.91 Å². The zero-order valence-electron chi connectivity index (χ0n) is 8.83. The molecule has 0 unspecified atom stereocenters. The summed E-state index contributed by atoms with van der Waals surface area (Å²) in [5.74, 6) is 0.169. The molecule has 0 bridgehead atoms. The number of aliphatic hydroxyl groups is 1. The molecule has 4 nitrogen and oxygen atoms in total. The van der Waals surface area contributed by atoms with Gasteiger partial charge in [0.05, 0.1) is 6.61 Å². The molecule has 1 saturated carbocycles. The molecule has 0 aromatic heterocycles. The van der Waals surface area contributed by atoms with Crippen LogP contribution in [0.5, 0.6) is 0 Å². The summed E-state index contributed by atoms with van der Waals surface area (Å²) in [6.07, 6.45) is 2.75. The molecule has 1 fully saturated rings. The fourth-order valence-corrected chi connectivity index (χ4v) is 1.52. The molecule has 82 valence electrons. The van der Waals surface area contributed by atoms with Crippen LogP contribution in [-0.2, 0) is 4.79 Å². The zero-order valence-corrected chi connectivity index (χ0v) is 8.83. The van der Waals surface area contributed by atoms with Gasteiger partial charge in [-0.1, -0.05) is 6.92 Å². The van der Waals surface area contributed by atoms with Crippen molar-refractivity contribution in [2.24, 2.45) is 0 Å². The number of nitrogens with zero attached hydrogens (tertiary/aromatic N) is 1. The molecule has 0 saturated heterocycles. The summed E-state index contributed by atoms with van der Waals surface area (Å²) < 4.78 is 0. The van der Waals surface area contributed by atoms with Crippen LogP contribution in [0.15, 0.2) is 0 Å². The summed E-state index contributed by atoms with van der Waals surface area (Å²) in [6.45, 7) is 4.23. The highest BCUT2D eigenvalue weighted by Crippen LogP contribution is 2.26. The number of rotatable bonds is 7. The molecule has 14 heavy (non-hydrogen) atoms. The average molecular weight is 200 g/mol. The second-order valence-corrected chi connectivity index (χ2v) is 3.65. The maximum atomic E-state index is 11.7. The standard InChI is InChI=1S/C10H20N2O2/c1-2-11-6-5-10(14)12(7-8-13)9-3-4-9/h9,11,13H,2-8H2,1H3. The molecule has 1 aliphatic rings. The number of hydrogen-bond donors (Lipinski definition) is 2. The van der Waals surface area contributed by atoms with Crippen LogP contribution in [0.1, 0.15) is 26.2 Å². The Morgan fingerprint density at radius 3 is 2.79 bits per heavy atom. The molecule has 0 radical (unpaired) electrons. The average Bonchev–Trinajstić information content (AvgIpc) is 2.98. The fourth-order valence-electron chi connectivity index (χ4n) is 1.52. The van der Waals surface area contributed by atoms with E-state index in [1.807, 2.05) is 11.8 Å². The lowest BCUT2D eigenvalue weighted by molar-refractivity contribution is -0.132. The van der Waals surface area contributed by atoms with Crippen molar-refractivity contribution in [2.75, 3.05) is 26.2 Å². The zero-order chi connectivity index (χ0) is 10.4. The van der Waals surface area contributed by atoms with Crippen LogP contribution < -0.4 is 5.32 Å². The van der Waals surface area contributed by atoms with E-state index in [4.69, 9.17) is 5.11 Å². The minimum Gasteiger partial charge on any atom is -0.395 e. The molecule has 1 aliphatic carbocycles. The van der Waals surface area contributed by atoms with E-state index in [2.05, 4.69) is 5.32 Å². The van der Waals surface area contributed by atoms with Gasteiger partial charge < -0.3 is 15.3 Å². The number of amides is 1. The largest absolute Gasteiger partial charge is 0.395 e. The van der Waals surface area contributed by atoms with E-state index in [9.17, 15) is 4.79 Å². The van der Waals surface area contributed by atoms with Crippen LogP contribution in [0.4, 0.5) is 0 Å². The van der Waals surface area contributed by atoms with E-state index >= 15 is 0 Å². The van der Waals surface area contributed by atoms with E-state index in [-0.39, 0.29) is 12.5 Å². The topological polar surface area (TPSA) is 52.6 Å². The summed E-state index contributed by atoms with van der Waals surface area (Å²) >= 11 is 0. The van der Waals surface area contributed by atoms with Crippen LogP contribution in [-0.4, -0.2) is 48.2 Å². The van der Waals surface area contributed by atoms with Crippen LogP contribution in [0.3, 0.4) is 0 Å². The smallest absolute Gasteiger partial charge is 0.224 e. The van der Waals surface area contributed by atoms with E-state index in [0.29, 0.717) is 19.0 Å². The maximum absolute atomic E-state index is 11.7. The highest BCUT2D eigenvalue weighted by Gasteiger charge is 2.31. The molecule has 0 atom stereocenters. The minimum absolute atomic E-state index is 0.0729.